The minimum Gasteiger partial charge on any atom is -0.488 e. The largest absolute Gasteiger partial charge is 0.488 e. The summed E-state index contributed by atoms with van der Waals surface area (Å²) in [6.45, 7) is 1.10. The summed E-state index contributed by atoms with van der Waals surface area (Å²) in [4.78, 5) is 34.3. The van der Waals surface area contributed by atoms with Crippen LogP contribution in [-0.4, -0.2) is 21.8 Å². The molecule has 0 atom stereocenters. The van der Waals surface area contributed by atoms with E-state index in [1.54, 1.807) is 48.8 Å². The highest BCUT2D eigenvalue weighted by Crippen LogP contribution is 2.23. The Morgan fingerprint density at radius 2 is 0.929 bits per heavy atom. The molecule has 2 amide bonds. The number of hydrogen-bond donors (Lipinski definition) is 2. The number of rotatable bonds is 12. The van der Waals surface area contributed by atoms with Crippen LogP contribution in [-0.2, 0) is 26.3 Å². The Hall–Kier alpha value is -5.50. The molecule has 0 aliphatic rings. The van der Waals surface area contributed by atoms with Crippen LogP contribution in [0.5, 0.6) is 11.5 Å². The highest BCUT2D eigenvalue weighted by atomic mass is 16.5. The van der Waals surface area contributed by atoms with Gasteiger partial charge in [-0.3, -0.25) is 19.6 Å². The smallest absolute Gasteiger partial charge is 0.255 e. The van der Waals surface area contributed by atoms with Crippen molar-refractivity contribution in [1.29, 1.82) is 0 Å². The molecule has 0 aliphatic heterocycles. The molecule has 8 nitrogen and oxygen atoms in total. The number of ether oxygens (including phenoxy) is 2. The van der Waals surface area contributed by atoms with Crippen molar-refractivity contribution in [3.05, 3.63) is 155 Å². The maximum atomic E-state index is 12.9. The van der Waals surface area contributed by atoms with Crippen LogP contribution < -0.4 is 20.1 Å². The fraction of sp³-hybridized carbons (Fsp3) is 0.118. The molecular weight excluding hydrogens is 528 g/mol. The Morgan fingerprint density at radius 1 is 0.524 bits per heavy atom. The van der Waals surface area contributed by atoms with Gasteiger partial charge in [-0.25, -0.2) is 0 Å². The van der Waals surface area contributed by atoms with E-state index in [0.717, 1.165) is 22.5 Å². The first-order chi connectivity index (χ1) is 20.7. The molecule has 0 saturated heterocycles. The van der Waals surface area contributed by atoms with Crippen LogP contribution >= 0.6 is 0 Å². The summed E-state index contributed by atoms with van der Waals surface area (Å²) in [6.07, 6.45) is 3.38. The van der Waals surface area contributed by atoms with Crippen LogP contribution in [0.2, 0.25) is 0 Å². The maximum Gasteiger partial charge on any atom is 0.255 e. The van der Waals surface area contributed by atoms with Gasteiger partial charge in [-0.2, -0.15) is 0 Å². The molecule has 0 bridgehead atoms. The lowest BCUT2D eigenvalue weighted by Gasteiger charge is -2.15. The van der Waals surface area contributed by atoms with Crippen molar-refractivity contribution in [2.75, 3.05) is 0 Å². The molecular formula is C34H30N4O4. The lowest BCUT2D eigenvalue weighted by Crippen LogP contribution is -2.24. The van der Waals surface area contributed by atoms with Crippen LogP contribution in [0, 0.1) is 0 Å². The van der Waals surface area contributed by atoms with E-state index in [-0.39, 0.29) is 25.0 Å². The fourth-order valence-electron chi connectivity index (χ4n) is 4.25. The molecule has 0 fully saturated rings. The Morgan fingerprint density at radius 3 is 1.36 bits per heavy atom. The molecule has 2 heterocycles. The van der Waals surface area contributed by atoms with E-state index in [9.17, 15) is 9.59 Å². The van der Waals surface area contributed by atoms with E-state index >= 15 is 0 Å². The number of pyridine rings is 2. The Bertz CT molecular complexity index is 1510. The lowest BCUT2D eigenvalue weighted by molar-refractivity contribution is 0.0937. The third-order valence-electron chi connectivity index (χ3n) is 6.46. The van der Waals surface area contributed by atoms with Gasteiger partial charge in [0.2, 0.25) is 0 Å². The molecule has 0 spiro atoms. The average Bonchev–Trinajstić information content (AvgIpc) is 3.05. The second-order valence-corrected chi connectivity index (χ2v) is 9.35. The van der Waals surface area contributed by atoms with E-state index < -0.39 is 0 Å². The quantitative estimate of drug-likeness (QED) is 0.210. The van der Waals surface area contributed by atoms with E-state index in [1.165, 1.54) is 0 Å². The van der Waals surface area contributed by atoms with Gasteiger partial charge >= 0.3 is 0 Å². The first-order valence-corrected chi connectivity index (χ1v) is 13.5. The maximum absolute atomic E-state index is 12.9. The van der Waals surface area contributed by atoms with Gasteiger partial charge in [-0.05, 0) is 59.7 Å². The zero-order valence-electron chi connectivity index (χ0n) is 22.9. The number of carbonyl (C=O) groups is 2. The van der Waals surface area contributed by atoms with Gasteiger partial charge in [0.15, 0.2) is 0 Å². The van der Waals surface area contributed by atoms with Crippen LogP contribution in [0.1, 0.15) is 43.2 Å². The van der Waals surface area contributed by atoms with Crippen LogP contribution in [0.15, 0.2) is 122 Å². The average molecular weight is 559 g/mol. The Kier molecular flexibility index (Phi) is 9.50. The number of aromatic nitrogens is 2. The van der Waals surface area contributed by atoms with Crippen molar-refractivity contribution in [2.45, 2.75) is 26.3 Å². The zero-order valence-corrected chi connectivity index (χ0v) is 22.9. The molecule has 8 heteroatoms. The second-order valence-electron chi connectivity index (χ2n) is 9.35. The van der Waals surface area contributed by atoms with Gasteiger partial charge in [0.05, 0.1) is 35.6 Å². The number of carbonyl (C=O) groups excluding carboxylic acids is 2. The summed E-state index contributed by atoms with van der Waals surface area (Å²) in [5.41, 5.74) is 4.22. The summed E-state index contributed by atoms with van der Waals surface area (Å²) in [6, 6.07) is 33.1. The van der Waals surface area contributed by atoms with Crippen LogP contribution in [0.25, 0.3) is 0 Å². The number of para-hydroxylation sites is 2. The molecule has 0 unspecified atom stereocenters. The van der Waals surface area contributed by atoms with E-state index in [0.29, 0.717) is 35.7 Å². The molecule has 210 valence electrons. The van der Waals surface area contributed by atoms with Gasteiger partial charge in [-0.1, -0.05) is 60.7 Å². The molecule has 42 heavy (non-hydrogen) atoms. The van der Waals surface area contributed by atoms with Crippen molar-refractivity contribution < 1.29 is 19.1 Å². The summed E-state index contributed by atoms with van der Waals surface area (Å²) in [5, 5.41) is 5.80. The highest BCUT2D eigenvalue weighted by molar-refractivity contribution is 5.97. The predicted molar refractivity (Wildman–Crippen MR) is 159 cm³/mol. The van der Waals surface area contributed by atoms with Crippen LogP contribution in [0.3, 0.4) is 0 Å². The highest BCUT2D eigenvalue weighted by Gasteiger charge is 2.15. The Labute approximate surface area is 244 Å². The van der Waals surface area contributed by atoms with Crippen molar-refractivity contribution in [2.24, 2.45) is 0 Å². The molecule has 2 N–H and O–H groups in total. The molecule has 5 aromatic rings. The van der Waals surface area contributed by atoms with Crippen molar-refractivity contribution in [3.8, 4) is 11.5 Å². The third-order valence-corrected chi connectivity index (χ3v) is 6.46. The van der Waals surface area contributed by atoms with E-state index in [1.807, 2.05) is 72.8 Å². The number of amides is 2. The molecule has 2 aromatic heterocycles. The number of nitrogens with one attached hydrogen (secondary N) is 2. The van der Waals surface area contributed by atoms with Gasteiger partial charge in [0.1, 0.15) is 24.7 Å². The van der Waals surface area contributed by atoms with E-state index in [4.69, 9.17) is 9.47 Å². The van der Waals surface area contributed by atoms with Gasteiger partial charge in [0, 0.05) is 12.4 Å². The second kappa shape index (κ2) is 14.2. The zero-order chi connectivity index (χ0) is 29.0. The predicted octanol–water partition coefficient (Wildman–Crippen LogP) is 5.49. The SMILES string of the molecule is O=C(NCc1ccccn1)c1ccccc1OCc1ccccc1COc1ccccc1C(=O)NCc1ccccn1. The van der Waals surface area contributed by atoms with Crippen molar-refractivity contribution in [3.63, 3.8) is 0 Å². The first kappa shape index (κ1) is 28.0. The summed E-state index contributed by atoms with van der Waals surface area (Å²) < 4.78 is 12.2. The van der Waals surface area contributed by atoms with Crippen molar-refractivity contribution in [1.82, 2.24) is 20.6 Å². The monoisotopic (exact) mass is 558 g/mol. The van der Waals surface area contributed by atoms with Gasteiger partial charge in [0.25, 0.3) is 11.8 Å². The summed E-state index contributed by atoms with van der Waals surface area (Å²) in [5.74, 6) is 0.458. The Balaban J connectivity index is 1.22. The van der Waals surface area contributed by atoms with Gasteiger partial charge < -0.3 is 20.1 Å². The fourth-order valence-corrected chi connectivity index (χ4v) is 4.25. The van der Waals surface area contributed by atoms with Crippen LogP contribution in [0.4, 0.5) is 0 Å². The number of hydrogen-bond acceptors (Lipinski definition) is 6. The van der Waals surface area contributed by atoms with E-state index in [2.05, 4.69) is 20.6 Å². The molecule has 5 rings (SSSR count). The molecule has 3 aromatic carbocycles. The third kappa shape index (κ3) is 7.57. The van der Waals surface area contributed by atoms with Gasteiger partial charge in [-0.15, -0.1) is 0 Å². The number of nitrogens with zero attached hydrogens (tertiary/aromatic N) is 2. The molecule has 0 radical (unpaired) electrons. The molecule has 0 saturated carbocycles. The minimum atomic E-state index is -0.245. The van der Waals surface area contributed by atoms with Crippen molar-refractivity contribution >= 4 is 11.8 Å². The summed E-state index contributed by atoms with van der Waals surface area (Å²) in [7, 11) is 0. The normalized spacial score (nSPS) is 10.5. The first-order valence-electron chi connectivity index (χ1n) is 13.5. The lowest BCUT2D eigenvalue weighted by atomic mass is 10.1. The topological polar surface area (TPSA) is 102 Å². The number of benzene rings is 3. The summed E-state index contributed by atoms with van der Waals surface area (Å²) >= 11 is 0. The minimum absolute atomic E-state index is 0.232. The molecule has 0 aliphatic carbocycles. The standard InChI is InChI=1S/C34H30N4O4/c39-33(37-21-27-13-7-9-19-35-27)29-15-3-5-17-31(29)41-23-25-11-1-2-12-26(25)24-42-32-18-6-4-16-30(32)34(40)38-22-28-14-8-10-20-36-28/h1-20H,21-24H2,(H,37,39)(H,38,40).